The largest absolute Gasteiger partial charge is 0.352 e. The van der Waals surface area contributed by atoms with E-state index in [1.165, 1.54) is 0 Å². The van der Waals surface area contributed by atoms with Gasteiger partial charge in [0.15, 0.2) is 0 Å². The average molecular weight is 255 g/mol. The molecule has 4 nitrogen and oxygen atoms in total. The minimum atomic E-state index is 0.422. The Balaban J connectivity index is 2.11. The summed E-state index contributed by atoms with van der Waals surface area (Å²) < 4.78 is 0. The Hall–Kier alpha value is -0.870. The summed E-state index contributed by atoms with van der Waals surface area (Å²) in [5, 5.41) is 0. The summed E-state index contributed by atoms with van der Waals surface area (Å²) in [4.78, 5) is 13.4. The zero-order valence-corrected chi connectivity index (χ0v) is 11.2. The summed E-state index contributed by atoms with van der Waals surface area (Å²) in [6.07, 6.45) is 4.72. The van der Waals surface area contributed by atoms with Gasteiger partial charge in [-0.05, 0) is 13.5 Å². The summed E-state index contributed by atoms with van der Waals surface area (Å²) in [5.74, 6) is 1.38. The Bertz CT molecular complexity index is 371. The lowest BCUT2D eigenvalue weighted by Crippen LogP contribution is -2.51. The van der Waals surface area contributed by atoms with Gasteiger partial charge in [0.1, 0.15) is 5.82 Å². The molecule has 1 unspecified atom stereocenters. The summed E-state index contributed by atoms with van der Waals surface area (Å²) in [5.41, 5.74) is 0.844. The zero-order valence-electron chi connectivity index (χ0n) is 10.4. The topological polar surface area (TPSA) is 32.3 Å². The van der Waals surface area contributed by atoms with Crippen LogP contribution in [0.3, 0.4) is 0 Å². The predicted molar refractivity (Wildman–Crippen MR) is 70.5 cm³/mol. The van der Waals surface area contributed by atoms with E-state index in [0.717, 1.165) is 37.6 Å². The number of hydrogen-bond donors (Lipinski definition) is 0. The number of likely N-dealkylation sites (N-methyl/N-ethyl adjacent to an activating group) is 1. The average Bonchev–Trinajstić information content (AvgIpc) is 2.39. The van der Waals surface area contributed by atoms with Crippen LogP contribution >= 0.6 is 11.6 Å². The lowest BCUT2D eigenvalue weighted by molar-refractivity contribution is 0.213. The maximum absolute atomic E-state index is 5.79. The van der Waals surface area contributed by atoms with Crippen LogP contribution in [0.5, 0.6) is 0 Å². The van der Waals surface area contributed by atoms with Crippen molar-refractivity contribution in [3.05, 3.63) is 18.1 Å². The van der Waals surface area contributed by atoms with Crippen molar-refractivity contribution >= 4 is 17.4 Å². The fourth-order valence-electron chi connectivity index (χ4n) is 2.21. The number of piperazine rings is 1. The Morgan fingerprint density at radius 3 is 2.94 bits per heavy atom. The van der Waals surface area contributed by atoms with Crippen molar-refractivity contribution in [1.29, 1.82) is 0 Å². The second-order valence-corrected chi connectivity index (χ2v) is 4.76. The van der Waals surface area contributed by atoms with Gasteiger partial charge in [-0.15, -0.1) is 11.6 Å². The summed E-state index contributed by atoms with van der Waals surface area (Å²) in [6.45, 7) is 5.33. The SMILES string of the molecule is CCC1CN(c2cncc(CCl)n2)CCN1C. The van der Waals surface area contributed by atoms with Crippen LogP contribution in [0, 0.1) is 0 Å². The highest BCUT2D eigenvalue weighted by molar-refractivity contribution is 6.16. The van der Waals surface area contributed by atoms with Crippen LogP contribution in [-0.2, 0) is 5.88 Å². The molecule has 0 radical (unpaired) electrons. The van der Waals surface area contributed by atoms with Gasteiger partial charge in [-0.3, -0.25) is 9.88 Å². The number of aromatic nitrogens is 2. The number of rotatable bonds is 3. The normalized spacial score (nSPS) is 21.8. The van der Waals surface area contributed by atoms with Crippen molar-refractivity contribution in [3.63, 3.8) is 0 Å². The predicted octanol–water partition coefficient (Wildman–Crippen LogP) is 1.75. The molecule has 0 spiro atoms. The fraction of sp³-hybridized carbons (Fsp3) is 0.667. The highest BCUT2D eigenvalue weighted by Gasteiger charge is 2.23. The molecule has 2 rings (SSSR count). The van der Waals surface area contributed by atoms with Gasteiger partial charge in [-0.25, -0.2) is 4.98 Å². The van der Waals surface area contributed by atoms with Gasteiger partial charge in [0.05, 0.1) is 17.8 Å². The molecule has 0 bridgehead atoms. The van der Waals surface area contributed by atoms with Crippen molar-refractivity contribution in [2.45, 2.75) is 25.3 Å². The molecule has 2 heterocycles. The number of nitrogens with zero attached hydrogens (tertiary/aromatic N) is 4. The standard InChI is InChI=1S/C12H19ClN4/c1-3-11-9-17(5-4-16(11)2)12-8-14-7-10(6-13)15-12/h7-8,11H,3-6,9H2,1-2H3. The Kier molecular flexibility index (Phi) is 4.18. The molecule has 1 fully saturated rings. The van der Waals surface area contributed by atoms with Gasteiger partial charge in [0.25, 0.3) is 0 Å². The summed E-state index contributed by atoms with van der Waals surface area (Å²) in [7, 11) is 2.19. The van der Waals surface area contributed by atoms with Crippen LogP contribution < -0.4 is 4.90 Å². The van der Waals surface area contributed by atoms with E-state index in [2.05, 4.69) is 33.7 Å². The molecule has 0 amide bonds. The minimum Gasteiger partial charge on any atom is -0.352 e. The van der Waals surface area contributed by atoms with Crippen molar-refractivity contribution in [1.82, 2.24) is 14.9 Å². The molecule has 1 atom stereocenters. The third kappa shape index (κ3) is 2.87. The Morgan fingerprint density at radius 2 is 2.24 bits per heavy atom. The second-order valence-electron chi connectivity index (χ2n) is 4.49. The molecule has 94 valence electrons. The smallest absolute Gasteiger partial charge is 0.147 e. The lowest BCUT2D eigenvalue weighted by atomic mass is 10.1. The van der Waals surface area contributed by atoms with E-state index >= 15 is 0 Å². The monoisotopic (exact) mass is 254 g/mol. The molecule has 1 saturated heterocycles. The third-order valence-corrected chi connectivity index (χ3v) is 3.65. The highest BCUT2D eigenvalue weighted by Crippen LogP contribution is 2.17. The first-order chi connectivity index (χ1) is 8.24. The quantitative estimate of drug-likeness (QED) is 0.770. The van der Waals surface area contributed by atoms with E-state index in [9.17, 15) is 0 Å². The van der Waals surface area contributed by atoms with Crippen molar-refractivity contribution in [2.75, 3.05) is 31.6 Å². The lowest BCUT2D eigenvalue weighted by Gasteiger charge is -2.39. The van der Waals surface area contributed by atoms with Crippen molar-refractivity contribution < 1.29 is 0 Å². The first-order valence-corrected chi connectivity index (χ1v) is 6.60. The molecule has 0 N–H and O–H groups in total. The molecule has 0 aromatic carbocycles. The van der Waals surface area contributed by atoms with E-state index in [4.69, 9.17) is 11.6 Å². The van der Waals surface area contributed by atoms with Gasteiger partial charge in [-0.1, -0.05) is 6.92 Å². The van der Waals surface area contributed by atoms with Crippen LogP contribution in [0.1, 0.15) is 19.0 Å². The van der Waals surface area contributed by atoms with Gasteiger partial charge in [0, 0.05) is 31.9 Å². The van der Waals surface area contributed by atoms with E-state index < -0.39 is 0 Å². The molecular formula is C12H19ClN4. The first-order valence-electron chi connectivity index (χ1n) is 6.06. The summed E-state index contributed by atoms with van der Waals surface area (Å²) >= 11 is 5.79. The van der Waals surface area contributed by atoms with Gasteiger partial charge < -0.3 is 4.90 Å². The van der Waals surface area contributed by atoms with Crippen LogP contribution in [0.4, 0.5) is 5.82 Å². The number of anilines is 1. The molecule has 0 saturated carbocycles. The van der Waals surface area contributed by atoms with Gasteiger partial charge in [0.2, 0.25) is 0 Å². The number of alkyl halides is 1. The maximum Gasteiger partial charge on any atom is 0.147 e. The Labute approximate surface area is 108 Å². The third-order valence-electron chi connectivity index (χ3n) is 3.38. The molecule has 5 heteroatoms. The van der Waals surface area contributed by atoms with Crippen LogP contribution in [0.15, 0.2) is 12.4 Å². The molecule has 1 aromatic heterocycles. The Morgan fingerprint density at radius 1 is 1.41 bits per heavy atom. The van der Waals surface area contributed by atoms with Crippen LogP contribution in [-0.4, -0.2) is 47.6 Å². The molecule has 17 heavy (non-hydrogen) atoms. The van der Waals surface area contributed by atoms with E-state index in [0.29, 0.717) is 11.9 Å². The molecule has 1 aromatic rings. The molecule has 0 aliphatic carbocycles. The van der Waals surface area contributed by atoms with Crippen molar-refractivity contribution in [2.24, 2.45) is 0 Å². The van der Waals surface area contributed by atoms with E-state index in [1.54, 1.807) is 6.20 Å². The van der Waals surface area contributed by atoms with E-state index in [-0.39, 0.29) is 0 Å². The first kappa shape index (κ1) is 12.6. The maximum atomic E-state index is 5.79. The molecule has 1 aliphatic rings. The molecule has 1 aliphatic heterocycles. The van der Waals surface area contributed by atoms with Gasteiger partial charge >= 0.3 is 0 Å². The van der Waals surface area contributed by atoms with E-state index in [1.807, 2.05) is 6.20 Å². The number of halogens is 1. The number of hydrogen-bond acceptors (Lipinski definition) is 4. The van der Waals surface area contributed by atoms with Gasteiger partial charge in [-0.2, -0.15) is 0 Å². The minimum absolute atomic E-state index is 0.422. The zero-order chi connectivity index (χ0) is 12.3. The highest BCUT2D eigenvalue weighted by atomic mass is 35.5. The van der Waals surface area contributed by atoms with Crippen LogP contribution in [0.2, 0.25) is 0 Å². The summed E-state index contributed by atoms with van der Waals surface area (Å²) in [6, 6.07) is 0.602. The second kappa shape index (κ2) is 5.65. The fourth-order valence-corrected chi connectivity index (χ4v) is 2.34. The molecular weight excluding hydrogens is 236 g/mol. The van der Waals surface area contributed by atoms with Crippen molar-refractivity contribution in [3.8, 4) is 0 Å². The van der Waals surface area contributed by atoms with Crippen LogP contribution in [0.25, 0.3) is 0 Å².